The van der Waals surface area contributed by atoms with Crippen LogP contribution in [0.25, 0.3) is 0 Å². The zero-order chi connectivity index (χ0) is 10.4. The Balaban J connectivity index is 2.98. The van der Waals surface area contributed by atoms with Crippen LogP contribution in [-0.4, -0.2) is 12.4 Å². The van der Waals surface area contributed by atoms with Gasteiger partial charge in [-0.2, -0.15) is 0 Å². The summed E-state index contributed by atoms with van der Waals surface area (Å²) in [6.45, 7) is 0. The summed E-state index contributed by atoms with van der Waals surface area (Å²) in [4.78, 5) is 0. The number of ether oxygens (including phenoxy) is 1. The largest absolute Gasteiger partial charge is 0.492 e. The number of rotatable bonds is 2. The molecule has 0 atom stereocenters. The van der Waals surface area contributed by atoms with E-state index in [1.807, 2.05) is 0 Å². The quantitative estimate of drug-likeness (QED) is 0.584. The summed E-state index contributed by atoms with van der Waals surface area (Å²) >= 11 is 3.27. The van der Waals surface area contributed by atoms with Crippen LogP contribution in [0.5, 0.6) is 5.75 Å². The third kappa shape index (κ3) is 2.74. The van der Waals surface area contributed by atoms with E-state index in [0.717, 1.165) is 11.8 Å². The zero-order valence-corrected chi connectivity index (χ0v) is 9.40. The second kappa shape index (κ2) is 5.66. The van der Waals surface area contributed by atoms with Gasteiger partial charge in [0, 0.05) is 11.8 Å². The number of methoxy groups -OCH3 is 1. The van der Waals surface area contributed by atoms with E-state index in [1.54, 1.807) is 12.1 Å². The molecule has 74 valence electrons. The molecule has 1 aromatic rings. The van der Waals surface area contributed by atoms with Crippen molar-refractivity contribution in [3.05, 3.63) is 29.6 Å². The van der Waals surface area contributed by atoms with Gasteiger partial charge in [0.15, 0.2) is 11.6 Å². The van der Waals surface area contributed by atoms with Crippen molar-refractivity contribution in [1.29, 1.82) is 0 Å². The summed E-state index contributed by atoms with van der Waals surface area (Å²) in [6, 6.07) is 4.72. The van der Waals surface area contributed by atoms with Crippen LogP contribution in [0.1, 0.15) is 12.0 Å². The number of alkyl halides is 1. The molecule has 0 aliphatic carbocycles. The van der Waals surface area contributed by atoms with Crippen molar-refractivity contribution < 1.29 is 9.13 Å². The highest BCUT2D eigenvalue weighted by Crippen LogP contribution is 2.20. The molecule has 0 bridgehead atoms. The van der Waals surface area contributed by atoms with Gasteiger partial charge < -0.3 is 4.74 Å². The lowest BCUT2D eigenvalue weighted by Crippen LogP contribution is -1.91. The van der Waals surface area contributed by atoms with Gasteiger partial charge in [-0.1, -0.05) is 33.8 Å². The van der Waals surface area contributed by atoms with Crippen LogP contribution in [0.4, 0.5) is 4.39 Å². The maximum atomic E-state index is 13.2. The van der Waals surface area contributed by atoms with Crippen molar-refractivity contribution in [2.45, 2.75) is 6.42 Å². The smallest absolute Gasteiger partial charge is 0.170 e. The lowest BCUT2D eigenvalue weighted by atomic mass is 10.2. The van der Waals surface area contributed by atoms with E-state index in [1.165, 1.54) is 13.2 Å². The summed E-state index contributed by atoms with van der Waals surface area (Å²) in [5.41, 5.74) is 0.591. The Bertz CT molecular complexity index is 365. The van der Waals surface area contributed by atoms with Crippen molar-refractivity contribution in [3.63, 3.8) is 0 Å². The Morgan fingerprint density at radius 2 is 2.29 bits per heavy atom. The zero-order valence-electron chi connectivity index (χ0n) is 7.81. The van der Waals surface area contributed by atoms with Crippen molar-refractivity contribution >= 4 is 15.9 Å². The molecule has 0 spiro atoms. The number of halogens is 2. The maximum absolute atomic E-state index is 13.2. The molecular formula is C11H10BrFO. The predicted molar refractivity (Wildman–Crippen MR) is 58.2 cm³/mol. The van der Waals surface area contributed by atoms with Gasteiger partial charge in [-0.15, -0.1) is 0 Å². The van der Waals surface area contributed by atoms with Gasteiger partial charge in [-0.3, -0.25) is 0 Å². The Morgan fingerprint density at radius 3 is 2.93 bits per heavy atom. The van der Waals surface area contributed by atoms with Gasteiger partial charge in [0.25, 0.3) is 0 Å². The van der Waals surface area contributed by atoms with Crippen LogP contribution >= 0.6 is 15.9 Å². The van der Waals surface area contributed by atoms with E-state index in [9.17, 15) is 4.39 Å². The van der Waals surface area contributed by atoms with E-state index < -0.39 is 0 Å². The Hall–Kier alpha value is -1.01. The molecule has 0 N–H and O–H groups in total. The first-order valence-electron chi connectivity index (χ1n) is 4.17. The fourth-order valence-corrected chi connectivity index (χ4v) is 1.22. The van der Waals surface area contributed by atoms with Gasteiger partial charge in [0.2, 0.25) is 0 Å². The van der Waals surface area contributed by atoms with Crippen LogP contribution < -0.4 is 4.74 Å². The average Bonchev–Trinajstić information content (AvgIpc) is 2.18. The summed E-state index contributed by atoms with van der Waals surface area (Å²) in [5.74, 6) is 5.61. The molecule has 1 rings (SSSR count). The predicted octanol–water partition coefficient (Wildman–Crippen LogP) is 2.97. The molecule has 0 fully saturated rings. The van der Waals surface area contributed by atoms with Crippen LogP contribution in [-0.2, 0) is 0 Å². The average molecular weight is 257 g/mol. The van der Waals surface area contributed by atoms with E-state index in [2.05, 4.69) is 27.8 Å². The molecule has 0 aromatic heterocycles. The van der Waals surface area contributed by atoms with Gasteiger partial charge in [-0.25, -0.2) is 4.39 Å². The molecule has 0 saturated carbocycles. The number of para-hydroxylation sites is 1. The Morgan fingerprint density at radius 1 is 1.50 bits per heavy atom. The SMILES string of the molecule is COc1c(F)cccc1C#CCCBr. The van der Waals surface area contributed by atoms with Crippen molar-refractivity contribution in [2.24, 2.45) is 0 Å². The highest BCUT2D eigenvalue weighted by atomic mass is 79.9. The minimum absolute atomic E-state index is 0.217. The molecular weight excluding hydrogens is 247 g/mol. The van der Waals surface area contributed by atoms with E-state index >= 15 is 0 Å². The number of hydrogen-bond acceptors (Lipinski definition) is 1. The molecule has 0 amide bonds. The summed E-state index contributed by atoms with van der Waals surface area (Å²) in [7, 11) is 1.44. The van der Waals surface area contributed by atoms with Gasteiger partial charge in [0.1, 0.15) is 0 Å². The van der Waals surface area contributed by atoms with Crippen LogP contribution in [0, 0.1) is 17.7 Å². The first-order valence-corrected chi connectivity index (χ1v) is 5.29. The number of benzene rings is 1. The van der Waals surface area contributed by atoms with Crippen molar-refractivity contribution in [3.8, 4) is 17.6 Å². The van der Waals surface area contributed by atoms with Crippen LogP contribution in [0.2, 0.25) is 0 Å². The molecule has 1 nitrogen and oxygen atoms in total. The van der Waals surface area contributed by atoms with E-state index in [0.29, 0.717) is 5.56 Å². The minimum Gasteiger partial charge on any atom is -0.492 e. The van der Waals surface area contributed by atoms with Gasteiger partial charge >= 0.3 is 0 Å². The highest BCUT2D eigenvalue weighted by molar-refractivity contribution is 9.09. The second-order valence-corrected chi connectivity index (χ2v) is 3.35. The third-order valence-electron chi connectivity index (χ3n) is 1.61. The number of hydrogen-bond donors (Lipinski definition) is 0. The molecule has 0 heterocycles. The fraction of sp³-hybridized carbons (Fsp3) is 0.273. The van der Waals surface area contributed by atoms with Crippen molar-refractivity contribution in [1.82, 2.24) is 0 Å². The van der Waals surface area contributed by atoms with Crippen LogP contribution in [0.15, 0.2) is 18.2 Å². The topological polar surface area (TPSA) is 9.23 Å². The molecule has 3 heteroatoms. The fourth-order valence-electron chi connectivity index (χ4n) is 1.02. The van der Waals surface area contributed by atoms with Gasteiger partial charge in [0.05, 0.1) is 12.7 Å². The molecule has 0 saturated heterocycles. The summed E-state index contributed by atoms with van der Waals surface area (Å²) < 4.78 is 18.1. The molecule has 1 aromatic carbocycles. The molecule has 14 heavy (non-hydrogen) atoms. The standard InChI is InChI=1S/C11H10BrFO/c1-14-11-9(5-2-3-8-12)6-4-7-10(11)13/h4,6-7H,3,8H2,1H3. The highest BCUT2D eigenvalue weighted by Gasteiger charge is 2.05. The lowest BCUT2D eigenvalue weighted by molar-refractivity contribution is 0.385. The third-order valence-corrected chi connectivity index (χ3v) is 2.01. The Labute approximate surface area is 91.4 Å². The lowest BCUT2D eigenvalue weighted by Gasteiger charge is -2.03. The van der Waals surface area contributed by atoms with Crippen molar-refractivity contribution in [2.75, 3.05) is 12.4 Å². The van der Waals surface area contributed by atoms with E-state index in [4.69, 9.17) is 4.74 Å². The maximum Gasteiger partial charge on any atom is 0.170 e. The normalized spacial score (nSPS) is 9.07. The van der Waals surface area contributed by atoms with Gasteiger partial charge in [-0.05, 0) is 12.1 Å². The monoisotopic (exact) mass is 256 g/mol. The first kappa shape index (κ1) is 11.1. The minimum atomic E-state index is -0.377. The molecule has 0 aliphatic heterocycles. The van der Waals surface area contributed by atoms with E-state index in [-0.39, 0.29) is 11.6 Å². The van der Waals surface area contributed by atoms with Crippen LogP contribution in [0.3, 0.4) is 0 Å². The molecule has 0 aliphatic rings. The molecule has 0 radical (unpaired) electrons. The summed E-state index contributed by atoms with van der Waals surface area (Å²) in [5, 5.41) is 0.817. The second-order valence-electron chi connectivity index (χ2n) is 2.56. The Kier molecular flexibility index (Phi) is 4.48. The summed E-state index contributed by atoms with van der Waals surface area (Å²) in [6.07, 6.45) is 0.736. The molecule has 0 unspecified atom stereocenters. The first-order chi connectivity index (χ1) is 6.79.